The predicted molar refractivity (Wildman–Crippen MR) is 75.4 cm³/mol. The van der Waals surface area contributed by atoms with Crippen LogP contribution in [-0.4, -0.2) is 53.4 Å². The highest BCUT2D eigenvalue weighted by atomic mass is 16.6. The maximum atomic E-state index is 12.1. The van der Waals surface area contributed by atoms with Gasteiger partial charge in [0.2, 0.25) is 5.91 Å². The minimum atomic E-state index is -0.482. The molecule has 1 fully saturated rings. The second-order valence-electron chi connectivity index (χ2n) is 6.42. The molecule has 0 bridgehead atoms. The average molecular weight is 281 g/mol. The van der Waals surface area contributed by atoms with E-state index >= 15 is 0 Å². The van der Waals surface area contributed by atoms with E-state index in [9.17, 15) is 9.59 Å². The first-order valence-corrected chi connectivity index (χ1v) is 7.08. The largest absolute Gasteiger partial charge is 0.444 e. The zero-order valence-corrected chi connectivity index (χ0v) is 12.7. The maximum Gasteiger partial charge on any atom is 0.410 e. The Kier molecular flexibility index (Phi) is 4.01. The molecule has 0 spiro atoms. The summed E-state index contributed by atoms with van der Waals surface area (Å²) in [4.78, 5) is 25.5. The summed E-state index contributed by atoms with van der Waals surface area (Å²) >= 11 is 0. The van der Waals surface area contributed by atoms with Crippen LogP contribution in [0.2, 0.25) is 0 Å². The predicted octanol–water partition coefficient (Wildman–Crippen LogP) is 1.85. The number of ether oxygens (including phenoxy) is 1. The van der Waals surface area contributed by atoms with Crippen LogP contribution in [0.25, 0.3) is 0 Å². The van der Waals surface area contributed by atoms with Crippen LogP contribution in [0.5, 0.6) is 0 Å². The molecule has 0 saturated carbocycles. The first kappa shape index (κ1) is 14.8. The van der Waals surface area contributed by atoms with Crippen molar-refractivity contribution in [3.8, 4) is 0 Å². The zero-order chi connectivity index (χ0) is 14.9. The third kappa shape index (κ3) is 3.49. The van der Waals surface area contributed by atoms with Crippen LogP contribution in [0.15, 0.2) is 5.10 Å². The molecule has 1 unspecified atom stereocenters. The smallest absolute Gasteiger partial charge is 0.410 e. The van der Waals surface area contributed by atoms with Crippen molar-refractivity contribution in [2.75, 3.05) is 20.1 Å². The molecule has 6 nitrogen and oxygen atoms in total. The quantitative estimate of drug-likeness (QED) is 0.680. The summed E-state index contributed by atoms with van der Waals surface area (Å²) < 4.78 is 5.40. The van der Waals surface area contributed by atoms with Crippen molar-refractivity contribution in [2.45, 2.75) is 45.6 Å². The number of hydrogen-bond acceptors (Lipinski definition) is 4. The number of hydrogen-bond donors (Lipinski definition) is 0. The van der Waals surface area contributed by atoms with Gasteiger partial charge in [-0.3, -0.25) is 4.79 Å². The number of carbonyl (C=O) groups excluding carboxylic acids is 2. The van der Waals surface area contributed by atoms with E-state index in [1.807, 2.05) is 20.8 Å². The molecular weight excluding hydrogens is 258 g/mol. The lowest BCUT2D eigenvalue weighted by Gasteiger charge is -2.26. The molecule has 0 aromatic carbocycles. The van der Waals surface area contributed by atoms with E-state index in [2.05, 4.69) is 5.10 Å². The van der Waals surface area contributed by atoms with Gasteiger partial charge in [0.15, 0.2) is 0 Å². The first-order chi connectivity index (χ1) is 9.26. The van der Waals surface area contributed by atoms with Gasteiger partial charge in [-0.25, -0.2) is 9.80 Å². The third-order valence-electron chi connectivity index (χ3n) is 3.57. The number of carbonyl (C=O) groups is 2. The normalized spacial score (nSPS) is 23.9. The minimum absolute atomic E-state index is 0.0458. The summed E-state index contributed by atoms with van der Waals surface area (Å²) in [7, 11) is 1.68. The van der Waals surface area contributed by atoms with Crippen molar-refractivity contribution >= 4 is 17.7 Å². The number of hydrazone groups is 1. The average Bonchev–Trinajstić information content (AvgIpc) is 2.50. The highest BCUT2D eigenvalue weighted by Gasteiger charge is 2.32. The fourth-order valence-electron chi connectivity index (χ4n) is 2.50. The highest BCUT2D eigenvalue weighted by molar-refractivity contribution is 5.95. The Morgan fingerprint density at radius 1 is 1.35 bits per heavy atom. The second kappa shape index (κ2) is 5.42. The molecule has 0 N–H and O–H groups in total. The Balaban J connectivity index is 2.02. The van der Waals surface area contributed by atoms with Gasteiger partial charge >= 0.3 is 6.09 Å². The molecule has 1 saturated heterocycles. The van der Waals surface area contributed by atoms with E-state index in [1.54, 1.807) is 11.9 Å². The van der Waals surface area contributed by atoms with Crippen molar-refractivity contribution < 1.29 is 14.3 Å². The van der Waals surface area contributed by atoms with E-state index in [0.717, 1.165) is 12.1 Å². The number of rotatable bonds is 0. The molecule has 0 radical (unpaired) electrons. The molecule has 2 amide bonds. The molecule has 2 aliphatic heterocycles. The fraction of sp³-hybridized carbons (Fsp3) is 0.786. The molecule has 2 rings (SSSR count). The van der Waals surface area contributed by atoms with Gasteiger partial charge in [-0.2, -0.15) is 5.10 Å². The first-order valence-electron chi connectivity index (χ1n) is 7.08. The lowest BCUT2D eigenvalue weighted by molar-refractivity contribution is -0.131. The van der Waals surface area contributed by atoms with Gasteiger partial charge in [0.05, 0.1) is 0 Å². The molecule has 0 aliphatic carbocycles. The van der Waals surface area contributed by atoms with E-state index in [0.29, 0.717) is 25.9 Å². The van der Waals surface area contributed by atoms with E-state index in [1.165, 1.54) is 5.01 Å². The Morgan fingerprint density at radius 2 is 2.05 bits per heavy atom. The highest BCUT2D eigenvalue weighted by Crippen LogP contribution is 2.24. The van der Waals surface area contributed by atoms with Crippen molar-refractivity contribution in [1.82, 2.24) is 9.91 Å². The summed E-state index contributed by atoms with van der Waals surface area (Å²) in [5.74, 6) is 0.218. The van der Waals surface area contributed by atoms with Gasteiger partial charge in [-0.1, -0.05) is 0 Å². The SMILES string of the molecule is CN1N=C2CCN(C(=O)OC(C)(C)C)CCC2CC1=O. The lowest BCUT2D eigenvalue weighted by atomic mass is 9.93. The van der Waals surface area contributed by atoms with Gasteiger partial charge in [0.1, 0.15) is 5.60 Å². The van der Waals surface area contributed by atoms with Gasteiger partial charge in [-0.15, -0.1) is 0 Å². The molecular formula is C14H23N3O3. The van der Waals surface area contributed by atoms with Gasteiger partial charge in [0.25, 0.3) is 0 Å². The van der Waals surface area contributed by atoms with E-state index in [-0.39, 0.29) is 17.9 Å². The van der Waals surface area contributed by atoms with Crippen LogP contribution < -0.4 is 0 Å². The number of amides is 2. The molecule has 112 valence electrons. The van der Waals surface area contributed by atoms with Crippen LogP contribution >= 0.6 is 0 Å². The Hall–Kier alpha value is -1.59. The third-order valence-corrected chi connectivity index (χ3v) is 3.57. The molecule has 0 aromatic rings. The number of fused-ring (bicyclic) bond motifs is 1. The van der Waals surface area contributed by atoms with Crippen LogP contribution in [0.3, 0.4) is 0 Å². The molecule has 1 atom stereocenters. The van der Waals surface area contributed by atoms with E-state index in [4.69, 9.17) is 4.74 Å². The summed E-state index contributed by atoms with van der Waals surface area (Å²) in [6.07, 6.45) is 1.70. The van der Waals surface area contributed by atoms with Crippen LogP contribution in [0, 0.1) is 5.92 Å². The summed E-state index contributed by atoms with van der Waals surface area (Å²) in [5, 5.41) is 5.75. The standard InChI is InChI=1S/C14H23N3O3/c1-14(2,3)20-13(19)17-7-5-10-9-12(18)16(4)15-11(10)6-8-17/h10H,5-9H2,1-4H3. The lowest BCUT2D eigenvalue weighted by Crippen LogP contribution is -2.37. The van der Waals surface area contributed by atoms with Crippen molar-refractivity contribution in [1.29, 1.82) is 0 Å². The Morgan fingerprint density at radius 3 is 2.70 bits per heavy atom. The van der Waals surface area contributed by atoms with Crippen molar-refractivity contribution in [3.05, 3.63) is 0 Å². The summed E-state index contributed by atoms with van der Waals surface area (Å²) in [5.41, 5.74) is 0.544. The molecule has 0 aromatic heterocycles. The van der Waals surface area contributed by atoms with Crippen LogP contribution in [0.1, 0.15) is 40.0 Å². The number of nitrogens with zero attached hydrogens (tertiary/aromatic N) is 3. The van der Waals surface area contributed by atoms with Gasteiger partial charge < -0.3 is 9.64 Å². The Bertz CT molecular complexity index is 439. The fourth-order valence-corrected chi connectivity index (χ4v) is 2.50. The molecule has 2 heterocycles. The van der Waals surface area contributed by atoms with Crippen LogP contribution in [0.4, 0.5) is 4.79 Å². The van der Waals surface area contributed by atoms with Crippen molar-refractivity contribution in [2.24, 2.45) is 11.0 Å². The topological polar surface area (TPSA) is 62.2 Å². The summed E-state index contributed by atoms with van der Waals surface area (Å²) in [6, 6.07) is 0. The number of likely N-dealkylation sites (tertiary alicyclic amines) is 1. The molecule has 20 heavy (non-hydrogen) atoms. The monoisotopic (exact) mass is 281 g/mol. The van der Waals surface area contributed by atoms with E-state index < -0.39 is 5.60 Å². The molecule has 2 aliphatic rings. The molecule has 6 heteroatoms. The van der Waals surface area contributed by atoms with Crippen molar-refractivity contribution in [3.63, 3.8) is 0 Å². The maximum absolute atomic E-state index is 12.1. The summed E-state index contributed by atoms with van der Waals surface area (Å²) in [6.45, 7) is 6.81. The second-order valence-corrected chi connectivity index (χ2v) is 6.42. The zero-order valence-electron chi connectivity index (χ0n) is 12.7. The van der Waals surface area contributed by atoms with Crippen LogP contribution in [-0.2, 0) is 9.53 Å². The van der Waals surface area contributed by atoms with Gasteiger partial charge in [-0.05, 0) is 27.2 Å². The van der Waals surface area contributed by atoms with Gasteiger partial charge in [0, 0.05) is 44.6 Å². The minimum Gasteiger partial charge on any atom is -0.444 e. The Labute approximate surface area is 119 Å².